The van der Waals surface area contributed by atoms with Gasteiger partial charge in [-0.15, -0.1) is 6.58 Å². The van der Waals surface area contributed by atoms with Crippen LogP contribution in [0.4, 0.5) is 5.82 Å². The summed E-state index contributed by atoms with van der Waals surface area (Å²) in [6, 6.07) is 5.33. The third kappa shape index (κ3) is 6.81. The maximum absolute atomic E-state index is 14.5. The van der Waals surface area contributed by atoms with Crippen LogP contribution in [0.1, 0.15) is 53.6 Å². The molecule has 0 unspecified atom stereocenters. The molecule has 2 aliphatic rings. The van der Waals surface area contributed by atoms with E-state index in [1.165, 1.54) is 11.6 Å². The van der Waals surface area contributed by atoms with Crippen LogP contribution in [0.25, 0.3) is 22.0 Å². The Morgan fingerprint density at radius 3 is 2.48 bits per heavy atom. The quantitative estimate of drug-likeness (QED) is 0.132. The highest BCUT2D eigenvalue weighted by atomic mass is 79.9. The van der Waals surface area contributed by atoms with Crippen molar-refractivity contribution >= 4 is 56.2 Å². The Morgan fingerprint density at radius 1 is 1.06 bits per heavy atom. The summed E-state index contributed by atoms with van der Waals surface area (Å²) >= 11 is 3.36. The van der Waals surface area contributed by atoms with Gasteiger partial charge in [-0.3, -0.25) is 28.8 Å². The minimum absolute atomic E-state index is 0.226. The Morgan fingerprint density at radius 2 is 1.80 bits per heavy atom. The van der Waals surface area contributed by atoms with Crippen LogP contribution in [0.2, 0.25) is 0 Å². The molecule has 0 spiro atoms. The van der Waals surface area contributed by atoms with E-state index in [1.807, 2.05) is 36.9 Å². The normalized spacial score (nSPS) is 20.7. The number of aliphatic carboxylic acids is 1. The number of rotatable bonds is 10. The van der Waals surface area contributed by atoms with Crippen LogP contribution in [0, 0.1) is 26.7 Å². The van der Waals surface area contributed by atoms with Gasteiger partial charge in [-0.1, -0.05) is 12.1 Å². The van der Waals surface area contributed by atoms with Gasteiger partial charge in [0.25, 0.3) is 0 Å². The average molecular weight is 744 g/mol. The van der Waals surface area contributed by atoms with E-state index >= 15 is 0 Å². The van der Waals surface area contributed by atoms with Gasteiger partial charge in [0, 0.05) is 36.8 Å². The summed E-state index contributed by atoms with van der Waals surface area (Å²) in [5.74, 6) is -1.18. The fourth-order valence-corrected chi connectivity index (χ4v) is 7.62. The molecule has 2 aliphatic heterocycles. The average Bonchev–Trinajstić information content (AvgIpc) is 3.79. The summed E-state index contributed by atoms with van der Waals surface area (Å²) in [5.41, 5.74) is 3.99. The van der Waals surface area contributed by atoms with Crippen molar-refractivity contribution in [2.45, 2.75) is 71.6 Å². The number of ketones is 1. The van der Waals surface area contributed by atoms with Crippen LogP contribution < -0.4 is 5.32 Å². The first-order valence-electron chi connectivity index (χ1n) is 16.5. The van der Waals surface area contributed by atoms with Gasteiger partial charge in [-0.05, 0) is 103 Å². The van der Waals surface area contributed by atoms with Gasteiger partial charge in [0.1, 0.15) is 40.6 Å². The summed E-state index contributed by atoms with van der Waals surface area (Å²) in [7, 11) is 0. The first-order valence-corrected chi connectivity index (χ1v) is 17.3. The van der Waals surface area contributed by atoms with E-state index < -0.39 is 30.0 Å². The molecule has 1 aromatic carbocycles. The van der Waals surface area contributed by atoms with Crippen LogP contribution in [-0.4, -0.2) is 94.4 Å². The minimum Gasteiger partial charge on any atom is -0.480 e. The molecule has 5 heterocycles. The van der Waals surface area contributed by atoms with Crippen LogP contribution in [-0.2, 0) is 20.9 Å². The van der Waals surface area contributed by atoms with Gasteiger partial charge in [0.15, 0.2) is 5.78 Å². The number of carbonyl (C=O) groups is 4. The molecule has 260 valence electrons. The standard InChI is InChI=1S/C36H39BrN8O5/c1-6-27-24(17-43-11-7-8-28(43)36(49)50)14-29(35(48)41-34-19(2)9-10-30(37)40-34)45(27)31(47)18-44-33-20(3)12-23(25-15-38-22(5)39-16-25)13-26(33)32(42-44)21(4)46/h6,9-10,12-13,15-16,24,27-29H,1,7-8,11,14,17-18H2,2-5H3,(H,49,50)(H,40,41,48)/t24-,27-,28+,29+/m1/s1. The molecule has 0 bridgehead atoms. The predicted molar refractivity (Wildman–Crippen MR) is 190 cm³/mol. The van der Waals surface area contributed by atoms with Crippen LogP contribution >= 0.6 is 15.9 Å². The first-order chi connectivity index (χ1) is 23.9. The summed E-state index contributed by atoms with van der Waals surface area (Å²) in [5, 5.41) is 18.0. The number of Topliss-reactive ketones (excluding diaryl/α,β-unsaturated/α-hetero) is 1. The summed E-state index contributed by atoms with van der Waals surface area (Å²) in [6.07, 6.45) is 6.70. The van der Waals surface area contributed by atoms with Crippen molar-refractivity contribution in [3.05, 3.63) is 76.6 Å². The number of anilines is 1. The monoisotopic (exact) mass is 742 g/mol. The number of aromatic nitrogens is 5. The fourth-order valence-electron chi connectivity index (χ4n) is 7.31. The second kappa shape index (κ2) is 14.2. The van der Waals surface area contributed by atoms with E-state index in [0.29, 0.717) is 53.1 Å². The maximum Gasteiger partial charge on any atom is 0.320 e. The smallest absolute Gasteiger partial charge is 0.320 e. The van der Waals surface area contributed by atoms with E-state index in [2.05, 4.69) is 47.9 Å². The number of benzene rings is 1. The number of carboxylic acids is 1. The molecule has 0 saturated carbocycles. The van der Waals surface area contributed by atoms with E-state index in [4.69, 9.17) is 0 Å². The number of carbonyl (C=O) groups excluding carboxylic acids is 3. The van der Waals surface area contributed by atoms with E-state index in [1.54, 1.807) is 36.4 Å². The number of hydrogen-bond donors (Lipinski definition) is 2. The van der Waals surface area contributed by atoms with E-state index in [0.717, 1.165) is 28.7 Å². The van der Waals surface area contributed by atoms with E-state index in [9.17, 15) is 24.3 Å². The molecule has 13 nitrogen and oxygen atoms in total. The molecular formula is C36H39BrN8O5. The topological polar surface area (TPSA) is 164 Å². The number of carboxylic acid groups (broad SMARTS) is 1. The Bertz CT molecular complexity index is 2010. The molecule has 3 aromatic heterocycles. The highest BCUT2D eigenvalue weighted by Crippen LogP contribution is 2.36. The number of halogens is 1. The molecule has 0 radical (unpaired) electrons. The first kappa shape index (κ1) is 35.0. The zero-order valence-corrected chi connectivity index (χ0v) is 30.0. The van der Waals surface area contributed by atoms with Crippen molar-refractivity contribution in [2.75, 3.05) is 18.4 Å². The van der Waals surface area contributed by atoms with Gasteiger partial charge in [0.2, 0.25) is 11.8 Å². The number of pyridine rings is 1. The van der Waals surface area contributed by atoms with Crippen molar-refractivity contribution in [2.24, 2.45) is 5.92 Å². The van der Waals surface area contributed by atoms with Crippen molar-refractivity contribution in [3.63, 3.8) is 0 Å². The molecule has 2 amide bonds. The molecule has 0 aliphatic carbocycles. The SMILES string of the molecule is C=C[C@@H]1[C@@H](CN2CCC[C@H]2C(=O)O)C[C@@H](C(=O)Nc2nc(Br)ccc2C)N1C(=O)Cn1nc(C(C)=O)c2cc(-c3cnc(C)nc3)cc(C)c21. The lowest BCUT2D eigenvalue weighted by atomic mass is 9.97. The number of likely N-dealkylation sites (tertiary alicyclic amines) is 2. The fraction of sp³-hybridized carbons (Fsp3) is 0.389. The Kier molecular flexibility index (Phi) is 9.94. The number of nitrogens with zero attached hydrogens (tertiary/aromatic N) is 7. The summed E-state index contributed by atoms with van der Waals surface area (Å²) < 4.78 is 2.08. The minimum atomic E-state index is -0.898. The Hall–Kier alpha value is -4.82. The van der Waals surface area contributed by atoms with Gasteiger partial charge in [0.05, 0.1) is 11.6 Å². The molecule has 2 N–H and O–H groups in total. The Balaban J connectivity index is 1.36. The highest BCUT2D eigenvalue weighted by molar-refractivity contribution is 9.10. The number of fused-ring (bicyclic) bond motifs is 1. The second-order valence-electron chi connectivity index (χ2n) is 13.1. The molecule has 6 rings (SSSR count). The van der Waals surface area contributed by atoms with Gasteiger partial charge in [-0.25, -0.2) is 15.0 Å². The third-order valence-electron chi connectivity index (χ3n) is 9.69. The number of amides is 2. The molecule has 50 heavy (non-hydrogen) atoms. The number of aryl methyl sites for hydroxylation is 3. The summed E-state index contributed by atoms with van der Waals surface area (Å²) in [4.78, 5) is 69.9. The second-order valence-corrected chi connectivity index (χ2v) is 13.9. The van der Waals surface area contributed by atoms with Gasteiger partial charge < -0.3 is 15.3 Å². The van der Waals surface area contributed by atoms with Crippen molar-refractivity contribution in [3.8, 4) is 11.1 Å². The molecule has 2 fully saturated rings. The van der Waals surface area contributed by atoms with Crippen LogP contribution in [0.15, 0.2) is 53.9 Å². The van der Waals surface area contributed by atoms with Crippen molar-refractivity contribution in [1.29, 1.82) is 0 Å². The van der Waals surface area contributed by atoms with Crippen LogP contribution in [0.5, 0.6) is 0 Å². The molecular weight excluding hydrogens is 704 g/mol. The lowest BCUT2D eigenvalue weighted by Gasteiger charge is -2.31. The lowest BCUT2D eigenvalue weighted by molar-refractivity contribution is -0.142. The molecule has 14 heteroatoms. The van der Waals surface area contributed by atoms with Gasteiger partial charge in [-0.2, -0.15) is 5.10 Å². The zero-order valence-electron chi connectivity index (χ0n) is 28.4. The predicted octanol–water partition coefficient (Wildman–Crippen LogP) is 4.74. The molecule has 4 atom stereocenters. The summed E-state index contributed by atoms with van der Waals surface area (Å²) in [6.45, 7) is 11.8. The lowest BCUT2D eigenvalue weighted by Crippen LogP contribution is -2.49. The third-order valence-corrected chi connectivity index (χ3v) is 10.1. The Labute approximate surface area is 297 Å². The van der Waals surface area contributed by atoms with Crippen molar-refractivity contribution in [1.82, 2.24) is 34.5 Å². The maximum atomic E-state index is 14.5. The number of nitrogens with one attached hydrogen (secondary N) is 1. The number of hydrogen-bond acceptors (Lipinski definition) is 9. The molecule has 2 saturated heterocycles. The zero-order chi connectivity index (χ0) is 35.9. The van der Waals surface area contributed by atoms with Crippen molar-refractivity contribution < 1.29 is 24.3 Å². The largest absolute Gasteiger partial charge is 0.480 e. The van der Waals surface area contributed by atoms with Gasteiger partial charge >= 0.3 is 5.97 Å². The highest BCUT2D eigenvalue weighted by Gasteiger charge is 2.47. The van der Waals surface area contributed by atoms with Crippen LogP contribution in [0.3, 0.4) is 0 Å². The molecule has 4 aromatic rings. The van der Waals surface area contributed by atoms with E-state index in [-0.39, 0.29) is 29.8 Å².